The summed E-state index contributed by atoms with van der Waals surface area (Å²) in [6, 6.07) is 4.28. The van der Waals surface area contributed by atoms with Crippen molar-refractivity contribution in [2.24, 2.45) is 10.9 Å². The molecule has 1 aromatic rings. The number of rotatable bonds is 2. The summed E-state index contributed by atoms with van der Waals surface area (Å²) in [7, 11) is 0. The summed E-state index contributed by atoms with van der Waals surface area (Å²) >= 11 is 0. The van der Waals surface area contributed by atoms with Gasteiger partial charge < -0.3 is 15.8 Å². The van der Waals surface area contributed by atoms with Crippen molar-refractivity contribution in [3.8, 4) is 0 Å². The molecule has 1 aromatic heterocycles. The summed E-state index contributed by atoms with van der Waals surface area (Å²) in [5, 5.41) is 11.5. The largest absolute Gasteiger partial charge is 0.409 e. The molecule has 0 spiro atoms. The highest BCUT2D eigenvalue weighted by Gasteiger charge is 2.21. The number of nitrogens with two attached hydrogens (primary N) is 1. The van der Waals surface area contributed by atoms with Gasteiger partial charge in [-0.3, -0.25) is 0 Å². The Bertz CT molecular complexity index is 387. The van der Waals surface area contributed by atoms with Gasteiger partial charge >= 0.3 is 0 Å². The van der Waals surface area contributed by atoms with Gasteiger partial charge in [-0.1, -0.05) is 5.16 Å². The molecule has 16 heavy (non-hydrogen) atoms. The molecule has 5 nitrogen and oxygen atoms in total. The first-order chi connectivity index (χ1) is 7.72. The van der Waals surface area contributed by atoms with E-state index in [4.69, 9.17) is 10.9 Å². The summed E-state index contributed by atoms with van der Waals surface area (Å²) < 4.78 is 0. The molecule has 0 aromatic carbocycles. The maximum atomic E-state index is 8.54. The molecule has 2 heterocycles. The Balaban J connectivity index is 2.19. The predicted octanol–water partition coefficient (Wildman–Crippen LogP) is 1.16. The number of nitrogens with zero attached hydrogens (tertiary/aromatic N) is 3. The van der Waals surface area contributed by atoms with Crippen molar-refractivity contribution < 1.29 is 5.21 Å². The minimum absolute atomic E-state index is 0.0912. The molecule has 0 aliphatic carbocycles. The smallest absolute Gasteiger partial charge is 0.171 e. The summed E-state index contributed by atoms with van der Waals surface area (Å²) in [6.45, 7) is 3.25. The fraction of sp³-hybridized carbons (Fsp3) is 0.455. The minimum atomic E-state index is 0.0912. The molecule has 0 bridgehead atoms. The Hall–Kier alpha value is -1.78. The molecular weight excluding hydrogens is 204 g/mol. The third kappa shape index (κ3) is 1.93. The van der Waals surface area contributed by atoms with Crippen LogP contribution in [0.3, 0.4) is 0 Å². The van der Waals surface area contributed by atoms with E-state index in [2.05, 4.69) is 22.0 Å². The SMILES string of the molecule is CC1CCCN1c1ccc(/C(N)=N/O)cn1. The quantitative estimate of drug-likeness (QED) is 0.339. The number of hydrogen-bond acceptors (Lipinski definition) is 4. The third-order valence-electron chi connectivity index (χ3n) is 3.00. The molecule has 1 unspecified atom stereocenters. The van der Waals surface area contributed by atoms with E-state index in [1.165, 1.54) is 12.8 Å². The van der Waals surface area contributed by atoms with Gasteiger partial charge in [0, 0.05) is 24.3 Å². The van der Waals surface area contributed by atoms with Crippen molar-refractivity contribution in [2.75, 3.05) is 11.4 Å². The van der Waals surface area contributed by atoms with E-state index in [0.29, 0.717) is 11.6 Å². The number of amidine groups is 1. The van der Waals surface area contributed by atoms with Gasteiger partial charge in [0.05, 0.1) is 0 Å². The van der Waals surface area contributed by atoms with E-state index in [1.54, 1.807) is 6.20 Å². The number of oxime groups is 1. The van der Waals surface area contributed by atoms with Crippen LogP contribution in [0.4, 0.5) is 5.82 Å². The van der Waals surface area contributed by atoms with Gasteiger partial charge in [-0.25, -0.2) is 4.98 Å². The van der Waals surface area contributed by atoms with Crippen molar-refractivity contribution in [3.63, 3.8) is 0 Å². The lowest BCUT2D eigenvalue weighted by atomic mass is 10.2. The number of anilines is 1. The molecule has 0 saturated carbocycles. The first-order valence-electron chi connectivity index (χ1n) is 5.43. The summed E-state index contributed by atoms with van der Waals surface area (Å²) in [5.74, 6) is 1.05. The maximum absolute atomic E-state index is 8.54. The van der Waals surface area contributed by atoms with E-state index < -0.39 is 0 Å². The molecule has 0 amide bonds. The molecular formula is C11H16N4O. The molecule has 1 aliphatic rings. The lowest BCUT2D eigenvalue weighted by Crippen LogP contribution is -2.27. The minimum Gasteiger partial charge on any atom is -0.409 e. The van der Waals surface area contributed by atoms with Crippen LogP contribution in [0.25, 0.3) is 0 Å². The Morgan fingerprint density at radius 2 is 2.44 bits per heavy atom. The number of pyridine rings is 1. The van der Waals surface area contributed by atoms with Crippen LogP contribution >= 0.6 is 0 Å². The van der Waals surface area contributed by atoms with Crippen LogP contribution in [-0.4, -0.2) is 28.6 Å². The first-order valence-corrected chi connectivity index (χ1v) is 5.43. The zero-order valence-electron chi connectivity index (χ0n) is 9.30. The second-order valence-corrected chi connectivity index (χ2v) is 4.07. The Morgan fingerprint density at radius 3 is 2.94 bits per heavy atom. The third-order valence-corrected chi connectivity index (χ3v) is 3.00. The first kappa shape index (κ1) is 10.7. The topological polar surface area (TPSA) is 74.7 Å². The molecule has 0 radical (unpaired) electrons. The fourth-order valence-corrected chi connectivity index (χ4v) is 2.04. The number of aromatic nitrogens is 1. The molecule has 3 N–H and O–H groups in total. The Morgan fingerprint density at radius 1 is 1.62 bits per heavy atom. The molecule has 1 atom stereocenters. The molecule has 2 rings (SSSR count). The highest BCUT2D eigenvalue weighted by molar-refractivity contribution is 5.96. The van der Waals surface area contributed by atoms with Crippen molar-refractivity contribution >= 4 is 11.7 Å². The molecule has 5 heteroatoms. The van der Waals surface area contributed by atoms with Crippen LogP contribution in [0.1, 0.15) is 25.3 Å². The van der Waals surface area contributed by atoms with Gasteiger partial charge in [-0.05, 0) is 31.9 Å². The normalized spacial score (nSPS) is 21.4. The van der Waals surface area contributed by atoms with Crippen molar-refractivity contribution in [1.29, 1.82) is 0 Å². The standard InChI is InChI=1S/C11H16N4O/c1-8-3-2-6-15(8)10-5-4-9(7-13-10)11(12)14-16/h4-5,7-8,16H,2-3,6H2,1H3,(H2,12,14). The van der Waals surface area contributed by atoms with E-state index >= 15 is 0 Å². The maximum Gasteiger partial charge on any atom is 0.171 e. The van der Waals surface area contributed by atoms with Gasteiger partial charge in [0.25, 0.3) is 0 Å². The lowest BCUT2D eigenvalue weighted by molar-refractivity contribution is 0.318. The average molecular weight is 220 g/mol. The van der Waals surface area contributed by atoms with Crippen LogP contribution in [0.5, 0.6) is 0 Å². The van der Waals surface area contributed by atoms with E-state index in [1.807, 2.05) is 12.1 Å². The zero-order valence-corrected chi connectivity index (χ0v) is 9.30. The van der Waals surface area contributed by atoms with Gasteiger partial charge in [0.15, 0.2) is 5.84 Å². The highest BCUT2D eigenvalue weighted by Crippen LogP contribution is 2.23. The van der Waals surface area contributed by atoms with Crippen molar-refractivity contribution in [3.05, 3.63) is 23.9 Å². The summed E-state index contributed by atoms with van der Waals surface area (Å²) in [5.41, 5.74) is 6.11. The van der Waals surface area contributed by atoms with Gasteiger partial charge in [0.1, 0.15) is 5.82 Å². The summed E-state index contributed by atoms with van der Waals surface area (Å²) in [6.07, 6.45) is 4.06. The van der Waals surface area contributed by atoms with Gasteiger partial charge in [-0.15, -0.1) is 0 Å². The lowest BCUT2D eigenvalue weighted by Gasteiger charge is -2.22. The van der Waals surface area contributed by atoms with E-state index in [-0.39, 0.29) is 5.84 Å². The molecule has 1 aliphatic heterocycles. The second-order valence-electron chi connectivity index (χ2n) is 4.07. The monoisotopic (exact) mass is 220 g/mol. The van der Waals surface area contributed by atoms with Gasteiger partial charge in [-0.2, -0.15) is 0 Å². The van der Waals surface area contributed by atoms with Crippen molar-refractivity contribution in [2.45, 2.75) is 25.8 Å². The van der Waals surface area contributed by atoms with Crippen LogP contribution in [0.2, 0.25) is 0 Å². The van der Waals surface area contributed by atoms with Crippen LogP contribution < -0.4 is 10.6 Å². The Kier molecular flexibility index (Phi) is 2.94. The summed E-state index contributed by atoms with van der Waals surface area (Å²) in [4.78, 5) is 6.61. The van der Waals surface area contributed by atoms with E-state index in [9.17, 15) is 0 Å². The molecule has 1 fully saturated rings. The van der Waals surface area contributed by atoms with Crippen LogP contribution in [-0.2, 0) is 0 Å². The van der Waals surface area contributed by atoms with E-state index in [0.717, 1.165) is 12.4 Å². The Labute approximate surface area is 94.6 Å². The van der Waals surface area contributed by atoms with Gasteiger partial charge in [0.2, 0.25) is 0 Å². The van der Waals surface area contributed by atoms with Crippen molar-refractivity contribution in [1.82, 2.24) is 4.98 Å². The number of hydrogen-bond donors (Lipinski definition) is 2. The average Bonchev–Trinajstić information content (AvgIpc) is 2.75. The highest BCUT2D eigenvalue weighted by atomic mass is 16.4. The molecule has 1 saturated heterocycles. The molecule has 86 valence electrons. The fourth-order valence-electron chi connectivity index (χ4n) is 2.04. The second kappa shape index (κ2) is 4.38. The van der Waals surface area contributed by atoms with Crippen LogP contribution in [0, 0.1) is 0 Å². The zero-order chi connectivity index (χ0) is 11.5. The van der Waals surface area contributed by atoms with Crippen LogP contribution in [0.15, 0.2) is 23.5 Å². The predicted molar refractivity (Wildman–Crippen MR) is 62.8 cm³/mol.